The second kappa shape index (κ2) is 6.18. The van der Waals surface area contributed by atoms with E-state index in [1.165, 1.54) is 0 Å². The molecule has 2 aromatic rings. The van der Waals surface area contributed by atoms with E-state index in [4.69, 9.17) is 0 Å². The third kappa shape index (κ3) is 3.44. The Bertz CT molecular complexity index is 534. The third-order valence-electron chi connectivity index (χ3n) is 2.99. The number of hydrogen-bond donors (Lipinski definition) is 1. The van der Waals surface area contributed by atoms with Gasteiger partial charge in [-0.25, -0.2) is 4.98 Å². The van der Waals surface area contributed by atoms with Crippen LogP contribution in [-0.4, -0.2) is 15.5 Å². The molecule has 100 valence electrons. The zero-order valence-corrected chi connectivity index (χ0v) is 11.3. The molecule has 0 aliphatic rings. The van der Waals surface area contributed by atoms with Gasteiger partial charge in [0.1, 0.15) is 11.9 Å². The molecule has 0 saturated heterocycles. The van der Waals surface area contributed by atoms with Gasteiger partial charge in [0.05, 0.1) is 0 Å². The minimum absolute atomic E-state index is 0.0175. The van der Waals surface area contributed by atoms with E-state index in [9.17, 15) is 4.79 Å². The topological polar surface area (TPSA) is 46.9 Å². The molecular weight excluding hydrogens is 238 g/mol. The van der Waals surface area contributed by atoms with E-state index >= 15 is 0 Å². The van der Waals surface area contributed by atoms with Crippen LogP contribution in [0.5, 0.6) is 0 Å². The SMILES string of the molecule is CCCC(C(=O)Nc1cccc(C)n1)n1cccc1. The van der Waals surface area contributed by atoms with Crippen molar-refractivity contribution < 1.29 is 4.79 Å². The maximum atomic E-state index is 12.3. The van der Waals surface area contributed by atoms with Crippen molar-refractivity contribution in [3.8, 4) is 0 Å². The number of hydrogen-bond acceptors (Lipinski definition) is 2. The fourth-order valence-electron chi connectivity index (χ4n) is 2.07. The summed E-state index contributed by atoms with van der Waals surface area (Å²) in [4.78, 5) is 16.6. The summed E-state index contributed by atoms with van der Waals surface area (Å²) in [5, 5.41) is 2.89. The van der Waals surface area contributed by atoms with Gasteiger partial charge in [0.15, 0.2) is 0 Å². The molecule has 0 aromatic carbocycles. The lowest BCUT2D eigenvalue weighted by atomic mass is 10.1. The molecule has 1 atom stereocenters. The Balaban J connectivity index is 2.12. The first kappa shape index (κ1) is 13.3. The zero-order chi connectivity index (χ0) is 13.7. The van der Waals surface area contributed by atoms with Gasteiger partial charge < -0.3 is 9.88 Å². The molecule has 0 aliphatic carbocycles. The second-order valence-electron chi connectivity index (χ2n) is 4.59. The van der Waals surface area contributed by atoms with Crippen molar-refractivity contribution in [2.75, 3.05) is 5.32 Å². The molecule has 1 unspecified atom stereocenters. The molecular formula is C15H19N3O. The van der Waals surface area contributed by atoms with Gasteiger partial charge in [-0.2, -0.15) is 0 Å². The number of anilines is 1. The van der Waals surface area contributed by atoms with Crippen molar-refractivity contribution in [3.05, 3.63) is 48.4 Å². The van der Waals surface area contributed by atoms with E-state index in [-0.39, 0.29) is 11.9 Å². The molecule has 4 nitrogen and oxygen atoms in total. The monoisotopic (exact) mass is 257 g/mol. The Morgan fingerprint density at radius 2 is 2.05 bits per heavy atom. The lowest BCUT2D eigenvalue weighted by molar-refractivity contribution is -0.119. The lowest BCUT2D eigenvalue weighted by Crippen LogP contribution is -2.25. The fraction of sp³-hybridized carbons (Fsp3) is 0.333. The first-order valence-corrected chi connectivity index (χ1v) is 6.57. The fourth-order valence-corrected chi connectivity index (χ4v) is 2.07. The number of aromatic nitrogens is 2. The van der Waals surface area contributed by atoms with Crippen LogP contribution in [0.1, 0.15) is 31.5 Å². The van der Waals surface area contributed by atoms with Gasteiger partial charge in [-0.05, 0) is 37.6 Å². The molecule has 1 amide bonds. The largest absolute Gasteiger partial charge is 0.342 e. The number of nitrogens with zero attached hydrogens (tertiary/aromatic N) is 2. The van der Waals surface area contributed by atoms with Crippen molar-refractivity contribution in [1.29, 1.82) is 0 Å². The summed E-state index contributed by atoms with van der Waals surface area (Å²) in [5.74, 6) is 0.592. The average Bonchev–Trinajstić information content (AvgIpc) is 2.89. The highest BCUT2D eigenvalue weighted by Gasteiger charge is 2.18. The minimum atomic E-state index is -0.178. The minimum Gasteiger partial charge on any atom is -0.342 e. The Morgan fingerprint density at radius 3 is 2.68 bits per heavy atom. The molecule has 19 heavy (non-hydrogen) atoms. The van der Waals surface area contributed by atoms with Gasteiger partial charge in [0, 0.05) is 18.1 Å². The molecule has 0 fully saturated rings. The molecule has 0 spiro atoms. The number of rotatable bonds is 5. The van der Waals surface area contributed by atoms with Crippen LogP contribution in [0.2, 0.25) is 0 Å². The van der Waals surface area contributed by atoms with Crippen molar-refractivity contribution in [2.24, 2.45) is 0 Å². The first-order valence-electron chi connectivity index (χ1n) is 6.57. The van der Waals surface area contributed by atoms with E-state index in [0.29, 0.717) is 5.82 Å². The summed E-state index contributed by atoms with van der Waals surface area (Å²) in [6, 6.07) is 9.29. The summed E-state index contributed by atoms with van der Waals surface area (Å²) in [6.45, 7) is 3.99. The number of amides is 1. The summed E-state index contributed by atoms with van der Waals surface area (Å²) in [5.41, 5.74) is 0.894. The Kier molecular flexibility index (Phi) is 4.34. The Labute approximate surface area is 113 Å². The predicted octanol–water partition coefficient (Wildman–Crippen LogP) is 3.17. The lowest BCUT2D eigenvalue weighted by Gasteiger charge is -2.17. The van der Waals surface area contributed by atoms with E-state index in [1.807, 2.05) is 54.2 Å². The Morgan fingerprint density at radius 1 is 1.32 bits per heavy atom. The number of carbonyl (C=O) groups is 1. The van der Waals surface area contributed by atoms with Gasteiger partial charge in [-0.1, -0.05) is 19.4 Å². The average molecular weight is 257 g/mol. The predicted molar refractivity (Wildman–Crippen MR) is 76.0 cm³/mol. The number of pyridine rings is 1. The van der Waals surface area contributed by atoms with Gasteiger partial charge in [0.2, 0.25) is 5.91 Å². The van der Waals surface area contributed by atoms with Gasteiger partial charge in [-0.3, -0.25) is 4.79 Å². The standard InChI is InChI=1S/C15H19N3O/c1-3-7-13(18-10-4-5-11-18)15(19)17-14-9-6-8-12(2)16-14/h4-6,8-11,13H,3,7H2,1-2H3,(H,16,17,19). The maximum absolute atomic E-state index is 12.3. The number of nitrogens with one attached hydrogen (secondary N) is 1. The zero-order valence-electron chi connectivity index (χ0n) is 11.3. The normalized spacial score (nSPS) is 12.1. The summed E-state index contributed by atoms with van der Waals surface area (Å²) in [6.07, 6.45) is 5.61. The molecule has 2 rings (SSSR count). The van der Waals surface area contributed by atoms with Crippen LogP contribution in [0, 0.1) is 6.92 Å². The molecule has 0 saturated carbocycles. The van der Waals surface area contributed by atoms with Crippen molar-refractivity contribution in [1.82, 2.24) is 9.55 Å². The first-order chi connectivity index (χ1) is 9.20. The van der Waals surface area contributed by atoms with Gasteiger partial charge >= 0.3 is 0 Å². The Hall–Kier alpha value is -2.10. The van der Waals surface area contributed by atoms with Crippen molar-refractivity contribution in [2.45, 2.75) is 32.7 Å². The van der Waals surface area contributed by atoms with E-state index in [0.717, 1.165) is 18.5 Å². The van der Waals surface area contributed by atoms with Crippen molar-refractivity contribution in [3.63, 3.8) is 0 Å². The van der Waals surface area contributed by atoms with Crippen LogP contribution in [0.3, 0.4) is 0 Å². The molecule has 1 N–H and O–H groups in total. The molecule has 2 aromatic heterocycles. The molecule has 4 heteroatoms. The van der Waals surface area contributed by atoms with Crippen molar-refractivity contribution >= 4 is 11.7 Å². The molecule has 0 radical (unpaired) electrons. The summed E-state index contributed by atoms with van der Waals surface area (Å²) < 4.78 is 1.94. The van der Waals surface area contributed by atoms with E-state index in [1.54, 1.807) is 0 Å². The number of aryl methyl sites for hydroxylation is 1. The van der Waals surface area contributed by atoms with E-state index < -0.39 is 0 Å². The van der Waals surface area contributed by atoms with Crippen LogP contribution in [0.25, 0.3) is 0 Å². The van der Waals surface area contributed by atoms with Gasteiger partial charge in [0.25, 0.3) is 0 Å². The third-order valence-corrected chi connectivity index (χ3v) is 2.99. The van der Waals surface area contributed by atoms with Crippen LogP contribution >= 0.6 is 0 Å². The van der Waals surface area contributed by atoms with Crippen LogP contribution in [-0.2, 0) is 4.79 Å². The number of carbonyl (C=O) groups excluding carboxylic acids is 1. The summed E-state index contributed by atoms with van der Waals surface area (Å²) in [7, 11) is 0. The highest BCUT2D eigenvalue weighted by molar-refractivity contribution is 5.92. The van der Waals surface area contributed by atoms with Crippen LogP contribution < -0.4 is 5.32 Å². The molecule has 0 aliphatic heterocycles. The maximum Gasteiger partial charge on any atom is 0.248 e. The van der Waals surface area contributed by atoms with Crippen LogP contribution in [0.4, 0.5) is 5.82 Å². The molecule has 0 bridgehead atoms. The highest BCUT2D eigenvalue weighted by Crippen LogP contribution is 2.16. The highest BCUT2D eigenvalue weighted by atomic mass is 16.2. The smallest absolute Gasteiger partial charge is 0.248 e. The van der Waals surface area contributed by atoms with E-state index in [2.05, 4.69) is 17.2 Å². The quantitative estimate of drug-likeness (QED) is 0.894. The van der Waals surface area contributed by atoms with Crippen LogP contribution in [0.15, 0.2) is 42.7 Å². The molecule has 2 heterocycles. The second-order valence-corrected chi connectivity index (χ2v) is 4.59. The van der Waals surface area contributed by atoms with Gasteiger partial charge in [-0.15, -0.1) is 0 Å². The summed E-state index contributed by atoms with van der Waals surface area (Å²) >= 11 is 0.